The number of fused-ring (bicyclic) bond motifs is 1. The quantitative estimate of drug-likeness (QED) is 0.581. The third-order valence-electron chi connectivity index (χ3n) is 4.70. The molecule has 1 saturated heterocycles. The molecule has 0 saturated carbocycles. The number of halogens is 1. The number of likely N-dealkylation sites (tertiary alicyclic amines) is 1. The molecule has 4 rings (SSSR count). The van der Waals surface area contributed by atoms with Crippen LogP contribution in [-0.4, -0.2) is 51.6 Å². The predicted molar refractivity (Wildman–Crippen MR) is 105 cm³/mol. The molecule has 2 N–H and O–H groups in total. The van der Waals surface area contributed by atoms with Gasteiger partial charge in [0.05, 0.1) is 5.52 Å². The van der Waals surface area contributed by atoms with Gasteiger partial charge in [-0.1, -0.05) is 0 Å². The van der Waals surface area contributed by atoms with Crippen LogP contribution < -0.4 is 21.3 Å². The summed E-state index contributed by atoms with van der Waals surface area (Å²) in [7, 11) is 2.88. The lowest BCUT2D eigenvalue weighted by atomic mass is 10.1. The average Bonchev–Trinajstić information content (AvgIpc) is 3.07. The first kappa shape index (κ1) is 19.3. The molecular formula is C18H18FN5O4S. The highest BCUT2D eigenvalue weighted by Gasteiger charge is 2.30. The lowest BCUT2D eigenvalue weighted by molar-refractivity contribution is 0.0124. The summed E-state index contributed by atoms with van der Waals surface area (Å²) in [5.41, 5.74) is -0.229. The molecule has 0 aliphatic carbocycles. The van der Waals surface area contributed by atoms with Gasteiger partial charge in [0.25, 0.3) is 17.4 Å². The van der Waals surface area contributed by atoms with E-state index in [2.05, 4.69) is 20.2 Å². The summed E-state index contributed by atoms with van der Waals surface area (Å²) < 4.78 is 21.2. The Morgan fingerprint density at radius 2 is 2.17 bits per heavy atom. The molecule has 3 aromatic heterocycles. The van der Waals surface area contributed by atoms with Crippen LogP contribution in [0.25, 0.3) is 10.2 Å². The molecule has 0 radical (unpaired) electrons. The average molecular weight is 419 g/mol. The van der Waals surface area contributed by atoms with Gasteiger partial charge in [0.1, 0.15) is 16.5 Å². The van der Waals surface area contributed by atoms with E-state index in [0.717, 1.165) is 9.44 Å². The number of carbonyl (C=O) groups is 1. The van der Waals surface area contributed by atoms with Crippen molar-refractivity contribution in [2.75, 3.05) is 20.1 Å². The molecule has 152 valence electrons. The van der Waals surface area contributed by atoms with Crippen LogP contribution in [0.2, 0.25) is 0 Å². The minimum Gasteiger partial charge on any atom is -0.483 e. The molecule has 0 atom stereocenters. The lowest BCUT2D eigenvalue weighted by Crippen LogP contribution is -2.53. The second-order valence-electron chi connectivity index (χ2n) is 6.75. The van der Waals surface area contributed by atoms with E-state index in [0.29, 0.717) is 29.9 Å². The molecule has 0 aromatic carbocycles. The van der Waals surface area contributed by atoms with Crippen LogP contribution in [-0.2, 0) is 13.6 Å². The summed E-state index contributed by atoms with van der Waals surface area (Å²) in [4.78, 5) is 44.7. The Labute approximate surface area is 167 Å². The van der Waals surface area contributed by atoms with Crippen LogP contribution in [0.4, 0.5) is 4.39 Å². The number of aromatic amines is 1. The van der Waals surface area contributed by atoms with Gasteiger partial charge in [-0.2, -0.15) is 4.39 Å². The monoisotopic (exact) mass is 419 g/mol. The number of pyridine rings is 1. The molecule has 1 amide bonds. The summed E-state index contributed by atoms with van der Waals surface area (Å²) in [5, 5.41) is 2.38. The van der Waals surface area contributed by atoms with Crippen molar-refractivity contribution >= 4 is 27.5 Å². The third-order valence-corrected chi connectivity index (χ3v) is 5.81. The van der Waals surface area contributed by atoms with Crippen molar-refractivity contribution in [3.05, 3.63) is 55.6 Å². The number of H-pyrrole nitrogens is 1. The molecule has 11 heteroatoms. The molecule has 1 aliphatic rings. The van der Waals surface area contributed by atoms with Crippen LogP contribution in [0.5, 0.6) is 5.75 Å². The van der Waals surface area contributed by atoms with E-state index in [1.807, 2.05) is 0 Å². The zero-order valence-corrected chi connectivity index (χ0v) is 16.5. The molecule has 9 nitrogen and oxygen atoms in total. The molecule has 29 heavy (non-hydrogen) atoms. The van der Waals surface area contributed by atoms with E-state index in [1.165, 1.54) is 37.6 Å². The number of hydrogen-bond donors (Lipinski definition) is 2. The standard InChI is InChI=1S/C18H18FN5O4S/c1-20-16(25)11-3-4-13(15(19)21-11)28-9-6-24(7-9)8-10-5-12-14(29-10)17(26)23(2)18(27)22-12/h3-5,9H,6-8H2,1-2H3,(H,20,25)(H,22,27). The van der Waals surface area contributed by atoms with E-state index in [9.17, 15) is 18.8 Å². The highest BCUT2D eigenvalue weighted by molar-refractivity contribution is 7.18. The number of ether oxygens (including phenoxy) is 1. The smallest absolute Gasteiger partial charge is 0.328 e. The van der Waals surface area contributed by atoms with E-state index in [4.69, 9.17) is 4.74 Å². The van der Waals surface area contributed by atoms with E-state index in [-0.39, 0.29) is 23.1 Å². The van der Waals surface area contributed by atoms with Gasteiger partial charge in [-0.3, -0.25) is 19.1 Å². The molecule has 1 aliphatic heterocycles. The van der Waals surface area contributed by atoms with Crippen molar-refractivity contribution in [3.63, 3.8) is 0 Å². The Morgan fingerprint density at radius 3 is 2.86 bits per heavy atom. The number of carbonyl (C=O) groups excluding carboxylic acids is 1. The van der Waals surface area contributed by atoms with E-state index < -0.39 is 17.5 Å². The molecule has 3 aromatic rings. The summed E-state index contributed by atoms with van der Waals surface area (Å²) >= 11 is 1.34. The molecule has 0 spiro atoms. The Kier molecular flexibility index (Phi) is 4.92. The van der Waals surface area contributed by atoms with Gasteiger partial charge in [0, 0.05) is 38.6 Å². The first-order valence-corrected chi connectivity index (χ1v) is 9.66. The fourth-order valence-electron chi connectivity index (χ4n) is 3.11. The zero-order valence-electron chi connectivity index (χ0n) is 15.7. The van der Waals surface area contributed by atoms with Crippen molar-refractivity contribution in [1.29, 1.82) is 0 Å². The highest BCUT2D eigenvalue weighted by atomic mass is 32.1. The number of rotatable bonds is 5. The lowest BCUT2D eigenvalue weighted by Gasteiger charge is -2.38. The summed E-state index contributed by atoms with van der Waals surface area (Å²) in [6.45, 7) is 1.76. The maximum absolute atomic E-state index is 14.0. The topological polar surface area (TPSA) is 109 Å². The van der Waals surface area contributed by atoms with Gasteiger partial charge in [0.15, 0.2) is 5.75 Å². The normalized spacial score (nSPS) is 14.7. The van der Waals surface area contributed by atoms with Crippen molar-refractivity contribution in [3.8, 4) is 5.75 Å². The van der Waals surface area contributed by atoms with Gasteiger partial charge in [0.2, 0.25) is 0 Å². The maximum Gasteiger partial charge on any atom is 0.328 e. The number of nitrogens with one attached hydrogen (secondary N) is 2. The maximum atomic E-state index is 14.0. The number of hydrogen-bond acceptors (Lipinski definition) is 7. The molecular weight excluding hydrogens is 401 g/mol. The largest absolute Gasteiger partial charge is 0.483 e. The summed E-state index contributed by atoms with van der Waals surface area (Å²) in [5.74, 6) is -1.29. The molecule has 4 heterocycles. The molecule has 0 unspecified atom stereocenters. The summed E-state index contributed by atoms with van der Waals surface area (Å²) in [6.07, 6.45) is -0.195. The summed E-state index contributed by atoms with van der Waals surface area (Å²) in [6, 6.07) is 4.61. The third kappa shape index (κ3) is 3.66. The first-order valence-electron chi connectivity index (χ1n) is 8.85. The number of aromatic nitrogens is 3. The number of thiophene rings is 1. The van der Waals surface area contributed by atoms with Gasteiger partial charge in [-0.15, -0.1) is 11.3 Å². The van der Waals surface area contributed by atoms with Crippen molar-refractivity contribution in [2.45, 2.75) is 12.6 Å². The zero-order chi connectivity index (χ0) is 20.7. The van der Waals surface area contributed by atoms with Crippen LogP contribution in [0.15, 0.2) is 27.8 Å². The number of nitrogens with zero attached hydrogens (tertiary/aromatic N) is 3. The van der Waals surface area contributed by atoms with Gasteiger partial charge in [-0.25, -0.2) is 9.78 Å². The minimum atomic E-state index is -0.825. The first-order chi connectivity index (χ1) is 13.9. The fraction of sp³-hybridized carbons (Fsp3) is 0.333. The van der Waals surface area contributed by atoms with Crippen molar-refractivity contribution < 1.29 is 13.9 Å². The van der Waals surface area contributed by atoms with Crippen molar-refractivity contribution in [2.24, 2.45) is 7.05 Å². The molecule has 0 bridgehead atoms. The molecule has 1 fully saturated rings. The second-order valence-corrected chi connectivity index (χ2v) is 7.89. The van der Waals surface area contributed by atoms with Gasteiger partial charge >= 0.3 is 5.69 Å². The highest BCUT2D eigenvalue weighted by Crippen LogP contribution is 2.26. The Balaban J connectivity index is 1.38. The van der Waals surface area contributed by atoms with Gasteiger partial charge < -0.3 is 15.0 Å². The Bertz CT molecular complexity index is 1210. The Morgan fingerprint density at radius 1 is 1.41 bits per heavy atom. The van der Waals surface area contributed by atoms with E-state index in [1.54, 1.807) is 6.07 Å². The van der Waals surface area contributed by atoms with Crippen LogP contribution in [0.1, 0.15) is 15.4 Å². The number of amides is 1. The van der Waals surface area contributed by atoms with Crippen molar-refractivity contribution in [1.82, 2.24) is 24.8 Å². The fourth-order valence-corrected chi connectivity index (χ4v) is 4.24. The van der Waals surface area contributed by atoms with Crippen LogP contribution in [0, 0.1) is 5.95 Å². The van der Waals surface area contributed by atoms with E-state index >= 15 is 0 Å². The van der Waals surface area contributed by atoms with Crippen LogP contribution >= 0.6 is 11.3 Å². The SMILES string of the molecule is CNC(=O)c1ccc(OC2CN(Cc3cc4[nH]c(=O)n(C)c(=O)c4s3)C2)c(F)n1. The predicted octanol–water partition coefficient (Wildman–Crippen LogP) is 0.445. The Hall–Kier alpha value is -3.05. The second kappa shape index (κ2) is 7.41. The van der Waals surface area contributed by atoms with Gasteiger partial charge in [-0.05, 0) is 18.2 Å². The van der Waals surface area contributed by atoms with Crippen LogP contribution in [0.3, 0.4) is 0 Å². The minimum absolute atomic E-state index is 0.00485.